The molecular weight excluding hydrogens is 318 g/mol. The van der Waals surface area contributed by atoms with Crippen molar-refractivity contribution < 1.29 is 0 Å². The molecule has 3 aromatic rings. The minimum absolute atomic E-state index is 0.0373. The Morgan fingerprint density at radius 1 is 1.21 bits per heavy atom. The van der Waals surface area contributed by atoms with Gasteiger partial charge in [-0.3, -0.25) is 10.3 Å². The summed E-state index contributed by atoms with van der Waals surface area (Å²) in [7, 11) is 4.00. The minimum Gasteiger partial charge on any atom is -0.352 e. The minimum atomic E-state index is -0.0544. The second kappa shape index (κ2) is 6.22. The van der Waals surface area contributed by atoms with Gasteiger partial charge in [0.05, 0.1) is 10.6 Å². The highest BCUT2D eigenvalue weighted by Gasteiger charge is 2.29. The Hall–Kier alpha value is -2.44. The largest absolute Gasteiger partial charge is 0.352 e. The third kappa shape index (κ3) is 2.53. The molecule has 1 aliphatic heterocycles. The number of hydrogen-bond acceptors (Lipinski definition) is 5. The van der Waals surface area contributed by atoms with Gasteiger partial charge in [0.1, 0.15) is 18.0 Å². The fourth-order valence-electron chi connectivity index (χ4n) is 3.08. The van der Waals surface area contributed by atoms with Gasteiger partial charge < -0.3 is 9.88 Å². The number of anilines is 1. The van der Waals surface area contributed by atoms with E-state index in [4.69, 9.17) is 4.99 Å². The molecule has 0 spiro atoms. The van der Waals surface area contributed by atoms with E-state index in [-0.39, 0.29) is 12.2 Å². The van der Waals surface area contributed by atoms with Crippen LogP contribution in [0.15, 0.2) is 59.2 Å². The SMILES string of the molecule is CNC1Nc2ncccc2C(c2cccs2)=NC1c1cccn1C. The third-order valence-corrected chi connectivity index (χ3v) is 5.17. The van der Waals surface area contributed by atoms with Crippen LogP contribution in [0.4, 0.5) is 5.82 Å². The molecule has 6 heteroatoms. The number of thiophene rings is 1. The van der Waals surface area contributed by atoms with Gasteiger partial charge in [-0.1, -0.05) is 6.07 Å². The lowest BCUT2D eigenvalue weighted by Gasteiger charge is -2.24. The Labute approximate surface area is 145 Å². The first-order valence-electron chi connectivity index (χ1n) is 7.90. The topological polar surface area (TPSA) is 54.2 Å². The molecular formula is C18H19N5S. The fraction of sp³-hybridized carbons (Fsp3) is 0.222. The predicted molar refractivity (Wildman–Crippen MR) is 98.8 cm³/mol. The number of likely N-dealkylation sites (N-methyl/N-ethyl adjacent to an activating group) is 1. The molecule has 2 N–H and O–H groups in total. The molecule has 4 rings (SSSR count). The molecule has 0 aliphatic carbocycles. The predicted octanol–water partition coefficient (Wildman–Crippen LogP) is 3.03. The van der Waals surface area contributed by atoms with Crippen molar-refractivity contribution in [2.75, 3.05) is 12.4 Å². The summed E-state index contributed by atoms with van der Waals surface area (Å²) in [5.41, 5.74) is 3.19. The number of aliphatic imine (C=N–C) groups is 1. The van der Waals surface area contributed by atoms with Gasteiger partial charge in [-0.05, 0) is 42.8 Å². The number of fused-ring (bicyclic) bond motifs is 1. The maximum absolute atomic E-state index is 5.16. The maximum atomic E-state index is 5.16. The van der Waals surface area contributed by atoms with Crippen molar-refractivity contribution in [2.24, 2.45) is 12.0 Å². The molecule has 0 saturated carbocycles. The molecule has 1 aliphatic rings. The summed E-state index contributed by atoms with van der Waals surface area (Å²) in [5, 5.41) is 8.95. The van der Waals surface area contributed by atoms with E-state index in [1.807, 2.05) is 19.3 Å². The van der Waals surface area contributed by atoms with Gasteiger partial charge in [0.15, 0.2) is 0 Å². The first-order valence-corrected chi connectivity index (χ1v) is 8.78. The van der Waals surface area contributed by atoms with E-state index < -0.39 is 0 Å². The summed E-state index contributed by atoms with van der Waals surface area (Å²) >= 11 is 1.70. The molecule has 3 aromatic heterocycles. The van der Waals surface area contributed by atoms with Crippen molar-refractivity contribution in [1.82, 2.24) is 14.9 Å². The Morgan fingerprint density at radius 2 is 2.12 bits per heavy atom. The van der Waals surface area contributed by atoms with Crippen molar-refractivity contribution in [1.29, 1.82) is 0 Å². The molecule has 4 heterocycles. The van der Waals surface area contributed by atoms with Crippen LogP contribution >= 0.6 is 11.3 Å². The highest BCUT2D eigenvalue weighted by Crippen LogP contribution is 2.31. The quantitative estimate of drug-likeness (QED) is 0.772. The van der Waals surface area contributed by atoms with Crippen LogP contribution in [0.5, 0.6) is 0 Å². The zero-order valence-electron chi connectivity index (χ0n) is 13.6. The number of rotatable bonds is 3. The van der Waals surface area contributed by atoms with Crippen LogP contribution in [0.3, 0.4) is 0 Å². The van der Waals surface area contributed by atoms with Gasteiger partial charge in [0, 0.05) is 30.7 Å². The molecule has 0 aromatic carbocycles. The third-order valence-electron chi connectivity index (χ3n) is 4.29. The van der Waals surface area contributed by atoms with Crippen LogP contribution in [0.2, 0.25) is 0 Å². The molecule has 5 nitrogen and oxygen atoms in total. The Bertz CT molecular complexity index is 865. The Morgan fingerprint density at radius 3 is 2.83 bits per heavy atom. The van der Waals surface area contributed by atoms with Gasteiger partial charge in [-0.25, -0.2) is 4.98 Å². The lowest BCUT2D eigenvalue weighted by molar-refractivity contribution is 0.501. The summed E-state index contributed by atoms with van der Waals surface area (Å²) in [6.45, 7) is 0. The van der Waals surface area contributed by atoms with E-state index in [2.05, 4.69) is 69.1 Å². The number of nitrogens with zero attached hydrogens (tertiary/aromatic N) is 3. The van der Waals surface area contributed by atoms with Gasteiger partial charge in [0.2, 0.25) is 0 Å². The van der Waals surface area contributed by atoms with Crippen LogP contribution in [-0.4, -0.2) is 28.5 Å². The van der Waals surface area contributed by atoms with E-state index in [0.29, 0.717) is 0 Å². The highest BCUT2D eigenvalue weighted by molar-refractivity contribution is 7.12. The van der Waals surface area contributed by atoms with Crippen molar-refractivity contribution in [3.8, 4) is 0 Å². The number of pyridine rings is 1. The first-order chi connectivity index (χ1) is 11.8. The van der Waals surface area contributed by atoms with Crippen LogP contribution < -0.4 is 10.6 Å². The zero-order valence-corrected chi connectivity index (χ0v) is 14.4. The molecule has 2 unspecified atom stereocenters. The van der Waals surface area contributed by atoms with Crippen molar-refractivity contribution in [2.45, 2.75) is 12.2 Å². The zero-order chi connectivity index (χ0) is 16.5. The van der Waals surface area contributed by atoms with Gasteiger partial charge in [0.25, 0.3) is 0 Å². The number of nitrogens with one attached hydrogen (secondary N) is 2. The van der Waals surface area contributed by atoms with E-state index >= 15 is 0 Å². The molecule has 122 valence electrons. The summed E-state index contributed by atoms with van der Waals surface area (Å²) in [5.74, 6) is 0.862. The second-order valence-electron chi connectivity index (χ2n) is 5.75. The molecule has 0 saturated heterocycles. The van der Waals surface area contributed by atoms with Crippen LogP contribution in [0.1, 0.15) is 22.2 Å². The molecule has 0 bridgehead atoms. The lowest BCUT2D eigenvalue weighted by Crippen LogP contribution is -2.39. The average molecular weight is 337 g/mol. The number of aromatic nitrogens is 2. The van der Waals surface area contributed by atoms with Crippen molar-refractivity contribution in [3.63, 3.8) is 0 Å². The van der Waals surface area contributed by atoms with Crippen LogP contribution in [0.25, 0.3) is 0 Å². The molecule has 0 radical (unpaired) electrons. The lowest BCUT2D eigenvalue weighted by atomic mass is 10.1. The molecule has 24 heavy (non-hydrogen) atoms. The van der Waals surface area contributed by atoms with Crippen LogP contribution in [0, 0.1) is 0 Å². The van der Waals surface area contributed by atoms with E-state index in [1.54, 1.807) is 11.3 Å². The van der Waals surface area contributed by atoms with E-state index in [9.17, 15) is 0 Å². The van der Waals surface area contributed by atoms with Crippen molar-refractivity contribution in [3.05, 3.63) is 70.3 Å². The van der Waals surface area contributed by atoms with Gasteiger partial charge in [-0.2, -0.15) is 0 Å². The standard InChI is InChI=1S/C18H19N5S/c1-19-18-16(13-7-4-10-23(13)2)21-15(14-8-5-11-24-14)12-6-3-9-20-17(12)22-18/h3-11,16,18-19H,1-2H3,(H,20,22). The summed E-state index contributed by atoms with van der Waals surface area (Å²) < 4.78 is 2.12. The van der Waals surface area contributed by atoms with E-state index in [0.717, 1.165) is 27.7 Å². The summed E-state index contributed by atoms with van der Waals surface area (Å²) in [6.07, 6.45) is 3.83. The number of hydrogen-bond donors (Lipinski definition) is 2. The van der Waals surface area contributed by atoms with Crippen LogP contribution in [-0.2, 0) is 7.05 Å². The second-order valence-corrected chi connectivity index (χ2v) is 6.70. The Balaban J connectivity index is 1.92. The Kier molecular flexibility index (Phi) is 3.92. The average Bonchev–Trinajstić information content (AvgIpc) is 3.24. The maximum Gasteiger partial charge on any atom is 0.136 e. The summed E-state index contributed by atoms with van der Waals surface area (Å²) in [4.78, 5) is 10.9. The van der Waals surface area contributed by atoms with Gasteiger partial charge in [-0.15, -0.1) is 11.3 Å². The van der Waals surface area contributed by atoms with Gasteiger partial charge >= 0.3 is 0 Å². The fourth-order valence-corrected chi connectivity index (χ4v) is 3.81. The normalized spacial score (nSPS) is 20.0. The van der Waals surface area contributed by atoms with E-state index in [1.165, 1.54) is 0 Å². The first kappa shape index (κ1) is 15.1. The van der Waals surface area contributed by atoms with Crippen molar-refractivity contribution >= 4 is 22.9 Å². The molecule has 0 fully saturated rings. The molecule has 2 atom stereocenters. The smallest absolute Gasteiger partial charge is 0.136 e. The monoisotopic (exact) mass is 337 g/mol. The molecule has 0 amide bonds. The summed E-state index contributed by atoms with van der Waals surface area (Å²) in [6, 6.07) is 12.3. The highest BCUT2D eigenvalue weighted by atomic mass is 32.1. The number of aryl methyl sites for hydroxylation is 1.